The van der Waals surface area contributed by atoms with E-state index in [9.17, 15) is 0 Å². The molecule has 0 fully saturated rings. The smallest absolute Gasteiger partial charge is 0.532 e. The number of nitrogens with zero attached hydrogens (tertiary/aromatic N) is 4. The minimum Gasteiger partial charge on any atom is -0.532 e. The van der Waals surface area contributed by atoms with E-state index in [1.807, 2.05) is 0 Å². The first-order valence-electron chi connectivity index (χ1n) is 20.6. The molecular formula is C54H58CoN4Si. The number of benzene rings is 6. The van der Waals surface area contributed by atoms with Crippen molar-refractivity contribution in [2.24, 2.45) is 0 Å². The molecule has 60 heavy (non-hydrogen) atoms. The number of aryl methyl sites for hydroxylation is 10. The Hall–Kier alpha value is -5.41. The van der Waals surface area contributed by atoms with Crippen molar-refractivity contribution in [2.75, 3.05) is 19.6 Å². The predicted molar refractivity (Wildman–Crippen MR) is 256 cm³/mol. The molecule has 0 spiro atoms. The topological polar surface area (TPSA) is 13.0 Å². The summed E-state index contributed by atoms with van der Waals surface area (Å²) in [5.74, 6) is 0. The second-order valence-corrected chi connectivity index (χ2v) is 19.0. The van der Waals surface area contributed by atoms with Crippen molar-refractivity contribution in [2.45, 2.75) is 75.3 Å². The molecule has 6 aromatic carbocycles. The summed E-state index contributed by atoms with van der Waals surface area (Å²) in [7, 11) is -0.997. The van der Waals surface area contributed by atoms with E-state index in [0.717, 1.165) is 17.3 Å². The maximum Gasteiger partial charge on any atom is 3.00 e. The molecule has 4 nitrogen and oxygen atoms in total. The van der Waals surface area contributed by atoms with Crippen LogP contribution in [0.2, 0.25) is 0 Å². The van der Waals surface area contributed by atoms with Gasteiger partial charge >= 0.3 is 16.8 Å². The van der Waals surface area contributed by atoms with Crippen molar-refractivity contribution in [3.8, 4) is 0 Å². The Morgan fingerprint density at radius 1 is 0.417 bits per heavy atom. The van der Waals surface area contributed by atoms with Gasteiger partial charge in [0.15, 0.2) is 0 Å². The number of anilines is 4. The Morgan fingerprint density at radius 2 is 0.733 bits per heavy atom. The van der Waals surface area contributed by atoms with Crippen molar-refractivity contribution in [1.29, 1.82) is 0 Å². The Labute approximate surface area is 372 Å². The van der Waals surface area contributed by atoms with Crippen molar-refractivity contribution >= 4 is 41.9 Å². The molecule has 0 aliphatic carbocycles. The number of rotatable bonds is 8. The van der Waals surface area contributed by atoms with Crippen LogP contribution in [0.1, 0.15) is 66.8 Å². The third-order valence-electron chi connectivity index (χ3n) is 11.2. The molecule has 0 N–H and O–H groups in total. The standard InChI is InChI=1S/C33H34N2Si.C21H24N2.Co/c1-24-18-26(3)32(27(4)19-24)34-16-17-35(23-34)33-28(5)20-25(2)21-29(33)22-36(30-12-8-6-9-13-30)31-14-10-7-11-15-31;1-14-9-16(3)20(17(4)10-14)22-7-8-23(13-22)21-18(5)11-15(2)12-19(21)6;/h6-21,23H,22H2,1-5H3;7-13H,3H2,1-2,4-6H3;/q-1;-2;+3. The van der Waals surface area contributed by atoms with Crippen molar-refractivity contribution in [3.63, 3.8) is 0 Å². The number of hydrogen-bond acceptors (Lipinski definition) is 4. The minimum atomic E-state index is -0.997. The van der Waals surface area contributed by atoms with Crippen LogP contribution in [0.3, 0.4) is 0 Å². The van der Waals surface area contributed by atoms with Crippen LogP contribution in [0.25, 0.3) is 0 Å². The Morgan fingerprint density at radius 3 is 1.13 bits per heavy atom. The molecule has 0 aromatic heterocycles. The van der Waals surface area contributed by atoms with Gasteiger partial charge in [0.25, 0.3) is 0 Å². The van der Waals surface area contributed by atoms with E-state index in [1.54, 1.807) is 0 Å². The summed E-state index contributed by atoms with van der Waals surface area (Å²) < 4.78 is 0. The van der Waals surface area contributed by atoms with Crippen LogP contribution in [0.15, 0.2) is 134 Å². The summed E-state index contributed by atoms with van der Waals surface area (Å²) in [5.41, 5.74) is 20.4. The molecule has 2 aliphatic rings. The van der Waals surface area contributed by atoms with E-state index in [0.29, 0.717) is 0 Å². The predicted octanol–water partition coefficient (Wildman–Crippen LogP) is 11.9. The van der Waals surface area contributed by atoms with Crippen LogP contribution in [-0.2, 0) is 22.8 Å². The molecule has 0 saturated heterocycles. The van der Waals surface area contributed by atoms with Crippen LogP contribution in [0.4, 0.5) is 22.7 Å². The van der Waals surface area contributed by atoms with Crippen LogP contribution in [0, 0.1) is 89.5 Å². The normalized spacial score (nSPS) is 13.2. The van der Waals surface area contributed by atoms with Gasteiger partial charge in [0.05, 0.1) is 0 Å². The average Bonchev–Trinajstić information content (AvgIpc) is 3.84. The fraction of sp³-hybridized carbons (Fsp3) is 0.204. The van der Waals surface area contributed by atoms with Gasteiger partial charge in [-0.05, 0) is 127 Å². The monoisotopic (exact) mass is 849 g/mol. The van der Waals surface area contributed by atoms with Gasteiger partial charge < -0.3 is 19.6 Å². The molecule has 307 valence electrons. The van der Waals surface area contributed by atoms with Crippen LogP contribution in [-0.4, -0.2) is 8.80 Å². The Kier molecular flexibility index (Phi) is 13.9. The molecule has 0 saturated carbocycles. The third kappa shape index (κ3) is 9.63. The molecule has 0 amide bonds. The van der Waals surface area contributed by atoms with Crippen LogP contribution in [0.5, 0.6) is 0 Å². The largest absolute Gasteiger partial charge is 3.00 e. The van der Waals surface area contributed by atoms with E-state index in [1.165, 1.54) is 88.6 Å². The molecule has 6 aromatic rings. The van der Waals surface area contributed by atoms with Gasteiger partial charge in [-0.1, -0.05) is 148 Å². The third-order valence-corrected chi connectivity index (χ3v) is 14.0. The first-order chi connectivity index (χ1) is 28.3. The summed E-state index contributed by atoms with van der Waals surface area (Å²) in [6.45, 7) is 30.4. The fourth-order valence-corrected chi connectivity index (χ4v) is 11.8. The van der Waals surface area contributed by atoms with Crippen molar-refractivity contribution in [1.82, 2.24) is 0 Å². The van der Waals surface area contributed by atoms with E-state index in [2.05, 4.69) is 243 Å². The maximum absolute atomic E-state index is 4.22. The Bertz CT molecular complexity index is 2350. The Balaban J connectivity index is 0.000000218. The average molecular weight is 850 g/mol. The first kappa shape index (κ1) is 44.2. The van der Waals surface area contributed by atoms with Gasteiger partial charge in [0.1, 0.15) is 8.80 Å². The molecular weight excluding hydrogens is 792 g/mol. The molecule has 6 heteroatoms. The summed E-state index contributed by atoms with van der Waals surface area (Å²) in [4.78, 5) is 8.95. The zero-order valence-corrected chi connectivity index (χ0v) is 38.9. The van der Waals surface area contributed by atoms with E-state index in [4.69, 9.17) is 0 Å². The second kappa shape index (κ2) is 18.9. The fourth-order valence-electron chi connectivity index (χ4n) is 9.21. The molecule has 0 unspecified atom stereocenters. The maximum atomic E-state index is 4.22. The van der Waals surface area contributed by atoms with Gasteiger partial charge in [0, 0.05) is 17.1 Å². The number of hydrogen-bond donors (Lipinski definition) is 0. The SMILES string of the molecule is Cc1cc(C)c(N2C=CN(c3c(C)cc(C)cc3C[Si](c3ccccc3)c3ccccc3)[CH-]2)c(C)c1.[CH2-]c1cc(C)cc(C)c1N1C=CN(c2c(C)cc(C)cc2C)[CH-]1.[Co+3]. The second-order valence-electron chi connectivity index (χ2n) is 16.5. The summed E-state index contributed by atoms with van der Waals surface area (Å²) in [6, 6.07) is 41.2. The zero-order chi connectivity index (χ0) is 42.0. The molecule has 8 rings (SSSR count). The summed E-state index contributed by atoms with van der Waals surface area (Å²) in [6.07, 6.45) is 8.61. The van der Waals surface area contributed by atoms with Crippen molar-refractivity contribution in [3.05, 3.63) is 221 Å². The molecule has 1 radical (unpaired) electrons. The summed E-state index contributed by atoms with van der Waals surface area (Å²) >= 11 is 0. The van der Waals surface area contributed by atoms with Gasteiger partial charge in [-0.15, -0.1) is 12.2 Å². The van der Waals surface area contributed by atoms with Gasteiger partial charge in [-0.2, -0.15) is 25.2 Å². The van der Waals surface area contributed by atoms with Gasteiger partial charge in [0.2, 0.25) is 0 Å². The van der Waals surface area contributed by atoms with Gasteiger partial charge in [-0.25, -0.2) is 0 Å². The van der Waals surface area contributed by atoms with Crippen LogP contribution < -0.4 is 30.0 Å². The van der Waals surface area contributed by atoms with Crippen LogP contribution >= 0.6 is 0 Å². The van der Waals surface area contributed by atoms with E-state index < -0.39 is 8.80 Å². The molecule has 2 heterocycles. The summed E-state index contributed by atoms with van der Waals surface area (Å²) in [5, 5.41) is 2.90. The van der Waals surface area contributed by atoms with Crippen molar-refractivity contribution < 1.29 is 16.8 Å². The van der Waals surface area contributed by atoms with Gasteiger partial charge in [-0.3, -0.25) is 0 Å². The quantitative estimate of drug-likeness (QED) is 0.112. The zero-order valence-electron chi connectivity index (χ0n) is 36.9. The molecule has 0 bridgehead atoms. The minimum absolute atomic E-state index is 0. The molecule has 0 atom stereocenters. The van der Waals surface area contributed by atoms with E-state index in [-0.39, 0.29) is 16.8 Å². The molecule has 2 aliphatic heterocycles. The van der Waals surface area contributed by atoms with E-state index >= 15 is 0 Å². The first-order valence-corrected chi connectivity index (χ1v) is 22.3.